The molecular formula is C22H16F7N5O2. The first kappa shape index (κ1) is 26.5. The van der Waals surface area contributed by atoms with Gasteiger partial charge in [-0.05, 0) is 35.9 Å². The highest BCUT2D eigenvalue weighted by Crippen LogP contribution is 2.46. The topological polar surface area (TPSA) is 105 Å². The molecule has 14 heteroatoms. The first-order chi connectivity index (χ1) is 16.9. The van der Waals surface area contributed by atoms with E-state index in [0.717, 1.165) is 24.4 Å². The molecule has 2 aromatic carbocycles. The number of nitrogens with two attached hydrogens (primary N) is 1. The molecule has 0 bridgehead atoms. The molecule has 190 valence electrons. The number of aliphatic hydroxyl groups is 1. The molecule has 3 N–H and O–H groups in total. The summed E-state index contributed by atoms with van der Waals surface area (Å²) >= 11 is 0. The fourth-order valence-electron chi connectivity index (χ4n) is 3.23. The number of aliphatic imine (C=N–C) groups is 1. The van der Waals surface area contributed by atoms with Crippen LogP contribution in [0.3, 0.4) is 0 Å². The zero-order valence-electron chi connectivity index (χ0n) is 17.9. The standard InChI is InChI=1S/C22H16F7N5O2/c23-15-4-7-17(18(24)9-15)20(35,11-31-12-33-34-30)21(25,26)19-8-3-14(10-32-19)13-1-5-16(6-2-13)36-22(27,28)29/h1-10,12,35H,11H2,(H2,30,31,33)/t20-/m0/s1. The SMILES string of the molecule is NN=NC=NC[C@](O)(c1ccc(F)cc1F)C(F)(F)c1ccc(-c2ccc(OC(F)(F)F)cc2)cn1. The van der Waals surface area contributed by atoms with Crippen LogP contribution in [0.15, 0.2) is 76.1 Å². The molecule has 0 aliphatic rings. The second-order valence-corrected chi connectivity index (χ2v) is 7.25. The molecule has 1 aromatic heterocycles. The molecule has 0 saturated carbocycles. The number of alkyl halides is 5. The minimum Gasteiger partial charge on any atom is -0.406 e. The summed E-state index contributed by atoms with van der Waals surface area (Å²) in [5.74, 6) is -2.47. The quantitative estimate of drug-likeness (QED) is 0.107. The minimum absolute atomic E-state index is 0.242. The molecule has 3 rings (SSSR count). The molecule has 0 fully saturated rings. The van der Waals surface area contributed by atoms with E-state index in [9.17, 15) is 27.1 Å². The average molecular weight is 515 g/mol. The second-order valence-electron chi connectivity index (χ2n) is 7.25. The maximum atomic E-state index is 15.6. The van der Waals surface area contributed by atoms with Gasteiger partial charge >= 0.3 is 12.3 Å². The van der Waals surface area contributed by atoms with Crippen LogP contribution in [0.2, 0.25) is 0 Å². The molecule has 0 aliphatic heterocycles. The largest absolute Gasteiger partial charge is 0.573 e. The Bertz CT molecular complexity index is 1250. The third kappa shape index (κ3) is 5.76. The van der Waals surface area contributed by atoms with E-state index >= 15 is 8.78 Å². The van der Waals surface area contributed by atoms with Crippen LogP contribution in [-0.2, 0) is 11.5 Å². The molecule has 7 nitrogen and oxygen atoms in total. The van der Waals surface area contributed by atoms with E-state index in [4.69, 9.17) is 5.84 Å². The summed E-state index contributed by atoms with van der Waals surface area (Å²) in [5.41, 5.74) is -4.72. The molecular weight excluding hydrogens is 499 g/mol. The number of nitrogens with zero attached hydrogens (tertiary/aromatic N) is 4. The summed E-state index contributed by atoms with van der Waals surface area (Å²) in [7, 11) is 0. The van der Waals surface area contributed by atoms with Gasteiger partial charge in [0.05, 0.1) is 6.54 Å². The van der Waals surface area contributed by atoms with Gasteiger partial charge in [0, 0.05) is 23.4 Å². The summed E-state index contributed by atoms with van der Waals surface area (Å²) in [6.07, 6.45) is -3.24. The van der Waals surface area contributed by atoms with E-state index in [-0.39, 0.29) is 5.56 Å². The summed E-state index contributed by atoms with van der Waals surface area (Å²) in [4.78, 5) is 7.15. The molecule has 0 saturated heterocycles. The lowest BCUT2D eigenvalue weighted by Gasteiger charge is -2.34. The van der Waals surface area contributed by atoms with Gasteiger partial charge < -0.3 is 15.7 Å². The first-order valence-electron chi connectivity index (χ1n) is 9.84. The molecule has 1 atom stereocenters. The van der Waals surface area contributed by atoms with Crippen LogP contribution in [0.25, 0.3) is 11.1 Å². The van der Waals surface area contributed by atoms with Gasteiger partial charge in [0.1, 0.15) is 29.4 Å². The van der Waals surface area contributed by atoms with E-state index in [1.54, 1.807) is 0 Å². The van der Waals surface area contributed by atoms with Gasteiger partial charge in [0.15, 0.2) is 5.60 Å². The number of halogens is 7. The van der Waals surface area contributed by atoms with Gasteiger partial charge in [0.25, 0.3) is 0 Å². The fourth-order valence-corrected chi connectivity index (χ4v) is 3.23. The van der Waals surface area contributed by atoms with Crippen molar-refractivity contribution in [1.82, 2.24) is 4.98 Å². The molecule has 0 radical (unpaired) electrons. The summed E-state index contributed by atoms with van der Waals surface area (Å²) in [6, 6.07) is 8.22. The Morgan fingerprint density at radius 3 is 2.17 bits per heavy atom. The zero-order chi connectivity index (χ0) is 26.6. The van der Waals surface area contributed by atoms with Crippen LogP contribution in [-0.4, -0.2) is 29.3 Å². The average Bonchev–Trinajstić information content (AvgIpc) is 2.81. The smallest absolute Gasteiger partial charge is 0.406 e. The van der Waals surface area contributed by atoms with Gasteiger partial charge in [-0.25, -0.2) is 8.78 Å². The lowest BCUT2D eigenvalue weighted by atomic mass is 9.84. The molecule has 1 heterocycles. The Hall–Kier alpha value is -4.07. The van der Waals surface area contributed by atoms with E-state index < -0.39 is 53.1 Å². The Morgan fingerprint density at radius 1 is 0.944 bits per heavy atom. The van der Waals surface area contributed by atoms with Gasteiger partial charge in [-0.1, -0.05) is 23.4 Å². The van der Waals surface area contributed by atoms with Crippen molar-refractivity contribution in [2.24, 2.45) is 21.2 Å². The summed E-state index contributed by atoms with van der Waals surface area (Å²) in [6.45, 7) is -1.13. The van der Waals surface area contributed by atoms with Crippen molar-refractivity contribution in [3.8, 4) is 16.9 Å². The van der Waals surface area contributed by atoms with Crippen LogP contribution in [0, 0.1) is 11.6 Å². The number of ether oxygens (including phenoxy) is 1. The molecule has 0 spiro atoms. The van der Waals surface area contributed by atoms with Gasteiger partial charge in [-0.15, -0.1) is 18.3 Å². The minimum atomic E-state index is -4.88. The van der Waals surface area contributed by atoms with Gasteiger partial charge in [-0.3, -0.25) is 9.98 Å². The third-order valence-electron chi connectivity index (χ3n) is 4.92. The second kappa shape index (κ2) is 10.3. The third-order valence-corrected chi connectivity index (χ3v) is 4.92. The molecule has 3 aromatic rings. The molecule has 0 amide bonds. The first-order valence-corrected chi connectivity index (χ1v) is 9.84. The maximum Gasteiger partial charge on any atom is 0.573 e. The summed E-state index contributed by atoms with van der Waals surface area (Å²) < 4.78 is 99.7. The molecule has 0 unspecified atom stereocenters. The monoisotopic (exact) mass is 515 g/mol. The highest BCUT2D eigenvalue weighted by Gasteiger charge is 2.57. The number of pyridine rings is 1. The number of hydrogen-bond donors (Lipinski definition) is 2. The number of benzene rings is 2. The zero-order valence-corrected chi connectivity index (χ0v) is 17.9. The van der Waals surface area contributed by atoms with Crippen molar-refractivity contribution in [2.45, 2.75) is 17.9 Å². The van der Waals surface area contributed by atoms with Crippen molar-refractivity contribution < 1.29 is 40.6 Å². The van der Waals surface area contributed by atoms with E-state index in [1.807, 2.05) is 0 Å². The Morgan fingerprint density at radius 2 is 1.61 bits per heavy atom. The van der Waals surface area contributed by atoms with Crippen molar-refractivity contribution in [3.05, 3.63) is 83.7 Å². The highest BCUT2D eigenvalue weighted by atomic mass is 19.4. The Kier molecular flexibility index (Phi) is 7.57. The van der Waals surface area contributed by atoms with Crippen molar-refractivity contribution in [1.29, 1.82) is 0 Å². The Balaban J connectivity index is 1.96. The van der Waals surface area contributed by atoms with Crippen molar-refractivity contribution >= 4 is 6.34 Å². The van der Waals surface area contributed by atoms with Crippen LogP contribution in [0.5, 0.6) is 5.75 Å². The van der Waals surface area contributed by atoms with Gasteiger partial charge in [-0.2, -0.15) is 8.78 Å². The fraction of sp³-hybridized carbons (Fsp3) is 0.182. The lowest BCUT2D eigenvalue weighted by Crippen LogP contribution is -2.47. The Labute approximate surface area is 198 Å². The lowest BCUT2D eigenvalue weighted by molar-refractivity contribution is -0.274. The molecule has 36 heavy (non-hydrogen) atoms. The van der Waals surface area contributed by atoms with Crippen molar-refractivity contribution in [3.63, 3.8) is 0 Å². The summed E-state index contributed by atoms with van der Waals surface area (Å²) in [5, 5.41) is 17.0. The van der Waals surface area contributed by atoms with Crippen LogP contribution < -0.4 is 10.6 Å². The highest BCUT2D eigenvalue weighted by molar-refractivity contribution is 5.63. The van der Waals surface area contributed by atoms with E-state index in [1.165, 1.54) is 18.2 Å². The van der Waals surface area contributed by atoms with Crippen molar-refractivity contribution in [2.75, 3.05) is 6.54 Å². The predicted octanol–water partition coefficient (Wildman–Crippen LogP) is 5.26. The maximum absolute atomic E-state index is 15.6. The van der Waals surface area contributed by atoms with Crippen LogP contribution in [0.4, 0.5) is 30.7 Å². The van der Waals surface area contributed by atoms with E-state index in [0.29, 0.717) is 30.1 Å². The normalized spacial score (nSPS) is 14.3. The van der Waals surface area contributed by atoms with Gasteiger partial charge in [0.2, 0.25) is 0 Å². The van der Waals surface area contributed by atoms with Crippen LogP contribution >= 0.6 is 0 Å². The number of aromatic nitrogens is 1. The molecule has 0 aliphatic carbocycles. The van der Waals surface area contributed by atoms with E-state index in [2.05, 4.69) is 25.1 Å². The number of rotatable bonds is 8. The number of hydrogen-bond acceptors (Lipinski definition) is 5. The predicted molar refractivity (Wildman–Crippen MR) is 113 cm³/mol. The van der Waals surface area contributed by atoms with Crippen LogP contribution in [0.1, 0.15) is 11.3 Å².